The number of hydrogen-bond donors (Lipinski definition) is 1. The second kappa shape index (κ2) is 5.28. The summed E-state index contributed by atoms with van der Waals surface area (Å²) in [5.74, 6) is 1.03. The van der Waals surface area contributed by atoms with Gasteiger partial charge in [-0.25, -0.2) is 0 Å². The average Bonchev–Trinajstić information content (AvgIpc) is 2.42. The maximum Gasteiger partial charge on any atom is 0.142 e. The van der Waals surface area contributed by atoms with E-state index < -0.39 is 0 Å². The molecule has 1 saturated heterocycles. The molecule has 110 valence electrons. The monoisotopic (exact) mass is 274 g/mol. The fraction of sp³-hybridized carbons (Fsp3) is 0.647. The average molecular weight is 274 g/mol. The van der Waals surface area contributed by atoms with Gasteiger partial charge in [0.15, 0.2) is 0 Å². The second-order valence-electron chi connectivity index (χ2n) is 6.92. The molecule has 3 nitrogen and oxygen atoms in total. The van der Waals surface area contributed by atoms with Gasteiger partial charge in [-0.05, 0) is 38.3 Å². The van der Waals surface area contributed by atoms with E-state index in [2.05, 4.69) is 49.2 Å². The lowest BCUT2D eigenvalue weighted by molar-refractivity contribution is -0.0374. The molecule has 20 heavy (non-hydrogen) atoms. The summed E-state index contributed by atoms with van der Waals surface area (Å²) in [7, 11) is 0. The number of likely N-dealkylation sites (tertiary alicyclic amines) is 1. The van der Waals surface area contributed by atoms with E-state index in [4.69, 9.17) is 4.74 Å². The molecule has 0 aliphatic carbocycles. The molecule has 0 bridgehead atoms. The van der Waals surface area contributed by atoms with Gasteiger partial charge in [-0.2, -0.15) is 0 Å². The van der Waals surface area contributed by atoms with Crippen LogP contribution >= 0.6 is 0 Å². The highest BCUT2D eigenvalue weighted by Gasteiger charge is 2.40. The summed E-state index contributed by atoms with van der Waals surface area (Å²) in [6, 6.07) is 7.07. The van der Waals surface area contributed by atoms with Crippen molar-refractivity contribution >= 4 is 5.69 Å². The van der Waals surface area contributed by atoms with Gasteiger partial charge >= 0.3 is 0 Å². The number of nitrogens with zero attached hydrogens (tertiary/aromatic N) is 1. The summed E-state index contributed by atoms with van der Waals surface area (Å²) >= 11 is 0. The summed E-state index contributed by atoms with van der Waals surface area (Å²) in [5.41, 5.74) is 2.93. The molecule has 1 fully saturated rings. The number of ether oxygens (including phenoxy) is 1. The standard InChI is InChI=1S/C17H26N2O/c1-13(2)19-10-17(3,11-19)12-20-15-8-4-6-14-7-5-9-18-16(14)15/h4,6,8,13,18H,5,7,9-12H2,1-3H3. The predicted octanol–water partition coefficient (Wildman–Crippen LogP) is 3.15. The second-order valence-corrected chi connectivity index (χ2v) is 6.92. The third-order valence-corrected chi connectivity index (χ3v) is 4.51. The highest BCUT2D eigenvalue weighted by atomic mass is 16.5. The van der Waals surface area contributed by atoms with Gasteiger partial charge in [-0.1, -0.05) is 19.1 Å². The normalized spacial score (nSPS) is 21.0. The molecule has 1 N–H and O–H groups in total. The molecular weight excluding hydrogens is 248 g/mol. The van der Waals surface area contributed by atoms with Crippen LogP contribution in [-0.4, -0.2) is 37.2 Å². The minimum absolute atomic E-state index is 0.307. The van der Waals surface area contributed by atoms with Crippen molar-refractivity contribution in [2.75, 3.05) is 31.6 Å². The molecule has 3 rings (SSSR count). The van der Waals surface area contributed by atoms with Crippen molar-refractivity contribution in [3.8, 4) is 5.75 Å². The van der Waals surface area contributed by atoms with Crippen LogP contribution in [0.25, 0.3) is 0 Å². The maximum atomic E-state index is 6.15. The zero-order chi connectivity index (χ0) is 14.2. The van der Waals surface area contributed by atoms with Crippen molar-refractivity contribution in [1.29, 1.82) is 0 Å². The van der Waals surface area contributed by atoms with Gasteiger partial charge in [0.1, 0.15) is 5.75 Å². The molecule has 0 spiro atoms. The van der Waals surface area contributed by atoms with Crippen LogP contribution < -0.4 is 10.1 Å². The van der Waals surface area contributed by atoms with Gasteiger partial charge in [0.05, 0.1) is 12.3 Å². The molecule has 3 heteroatoms. The first kappa shape index (κ1) is 13.7. The van der Waals surface area contributed by atoms with Crippen LogP contribution in [0.4, 0.5) is 5.69 Å². The molecule has 0 unspecified atom stereocenters. The number of para-hydroxylation sites is 1. The van der Waals surface area contributed by atoms with Gasteiger partial charge in [-0.15, -0.1) is 0 Å². The van der Waals surface area contributed by atoms with Gasteiger partial charge in [0.25, 0.3) is 0 Å². The SMILES string of the molecule is CC(C)N1CC(C)(COc2cccc3c2NCCC3)C1. The van der Waals surface area contributed by atoms with E-state index in [0.29, 0.717) is 11.5 Å². The van der Waals surface area contributed by atoms with Gasteiger partial charge in [0.2, 0.25) is 0 Å². The molecule has 2 aliphatic rings. The van der Waals surface area contributed by atoms with E-state index in [-0.39, 0.29) is 0 Å². The summed E-state index contributed by atoms with van der Waals surface area (Å²) < 4.78 is 6.15. The summed E-state index contributed by atoms with van der Waals surface area (Å²) in [6.45, 7) is 11.0. The molecule has 2 heterocycles. The quantitative estimate of drug-likeness (QED) is 0.913. The fourth-order valence-corrected chi connectivity index (χ4v) is 3.24. The van der Waals surface area contributed by atoms with Crippen molar-refractivity contribution < 1.29 is 4.74 Å². The van der Waals surface area contributed by atoms with E-state index >= 15 is 0 Å². The minimum atomic E-state index is 0.307. The van der Waals surface area contributed by atoms with Gasteiger partial charge < -0.3 is 10.1 Å². The number of hydrogen-bond acceptors (Lipinski definition) is 3. The highest BCUT2D eigenvalue weighted by molar-refractivity contribution is 5.63. The minimum Gasteiger partial charge on any atom is -0.491 e. The molecule has 0 atom stereocenters. The first-order valence-corrected chi connectivity index (χ1v) is 7.80. The Labute approximate surface area is 122 Å². The van der Waals surface area contributed by atoms with Crippen molar-refractivity contribution in [2.45, 2.75) is 39.7 Å². The summed E-state index contributed by atoms with van der Waals surface area (Å²) in [5, 5.41) is 3.50. The fourth-order valence-electron chi connectivity index (χ4n) is 3.24. The van der Waals surface area contributed by atoms with E-state index in [1.165, 1.54) is 17.7 Å². The Morgan fingerprint density at radius 1 is 1.35 bits per heavy atom. The van der Waals surface area contributed by atoms with Crippen molar-refractivity contribution in [1.82, 2.24) is 4.90 Å². The van der Waals surface area contributed by atoms with Crippen LogP contribution in [0.2, 0.25) is 0 Å². The number of nitrogens with one attached hydrogen (secondary N) is 1. The molecule has 0 amide bonds. The van der Waals surface area contributed by atoms with Crippen LogP contribution in [0.15, 0.2) is 18.2 Å². The zero-order valence-corrected chi connectivity index (χ0v) is 12.9. The summed E-state index contributed by atoms with van der Waals surface area (Å²) in [6.07, 6.45) is 2.38. The smallest absolute Gasteiger partial charge is 0.142 e. The van der Waals surface area contributed by atoms with Gasteiger partial charge in [0, 0.05) is 31.1 Å². The number of rotatable bonds is 4. The Morgan fingerprint density at radius 2 is 2.15 bits per heavy atom. The number of anilines is 1. The Morgan fingerprint density at radius 3 is 2.90 bits per heavy atom. The van der Waals surface area contributed by atoms with Crippen molar-refractivity contribution in [2.24, 2.45) is 5.41 Å². The lowest BCUT2D eigenvalue weighted by Gasteiger charge is -2.50. The van der Waals surface area contributed by atoms with Crippen LogP contribution in [0.1, 0.15) is 32.8 Å². The number of benzene rings is 1. The lowest BCUT2D eigenvalue weighted by Crippen LogP contribution is -2.59. The molecular formula is C17H26N2O. The molecule has 0 aromatic heterocycles. The Hall–Kier alpha value is -1.22. The maximum absolute atomic E-state index is 6.15. The number of fused-ring (bicyclic) bond motifs is 1. The topological polar surface area (TPSA) is 24.5 Å². The van der Waals surface area contributed by atoms with Crippen molar-refractivity contribution in [3.05, 3.63) is 23.8 Å². The molecule has 2 aliphatic heterocycles. The van der Waals surface area contributed by atoms with Crippen LogP contribution in [0.5, 0.6) is 5.75 Å². The number of aryl methyl sites for hydroxylation is 1. The van der Waals surface area contributed by atoms with Gasteiger partial charge in [-0.3, -0.25) is 4.90 Å². The van der Waals surface area contributed by atoms with E-state index in [0.717, 1.165) is 38.4 Å². The third-order valence-electron chi connectivity index (χ3n) is 4.51. The Balaban J connectivity index is 1.62. The Bertz CT molecular complexity index is 478. The largest absolute Gasteiger partial charge is 0.491 e. The third kappa shape index (κ3) is 2.64. The summed E-state index contributed by atoms with van der Waals surface area (Å²) in [4.78, 5) is 2.50. The first-order valence-electron chi connectivity index (χ1n) is 7.80. The Kier molecular flexibility index (Phi) is 3.63. The predicted molar refractivity (Wildman–Crippen MR) is 83.6 cm³/mol. The molecule has 0 saturated carbocycles. The van der Waals surface area contributed by atoms with Crippen LogP contribution in [0.3, 0.4) is 0 Å². The van der Waals surface area contributed by atoms with Crippen LogP contribution in [0, 0.1) is 5.41 Å². The van der Waals surface area contributed by atoms with Crippen LogP contribution in [-0.2, 0) is 6.42 Å². The van der Waals surface area contributed by atoms with E-state index in [1.54, 1.807) is 0 Å². The lowest BCUT2D eigenvalue weighted by atomic mass is 9.82. The zero-order valence-electron chi connectivity index (χ0n) is 12.9. The first-order chi connectivity index (χ1) is 9.57. The molecule has 1 aromatic rings. The van der Waals surface area contributed by atoms with E-state index in [1.807, 2.05) is 0 Å². The highest BCUT2D eigenvalue weighted by Crippen LogP contribution is 2.36. The van der Waals surface area contributed by atoms with E-state index in [9.17, 15) is 0 Å². The van der Waals surface area contributed by atoms with Crippen molar-refractivity contribution in [3.63, 3.8) is 0 Å². The molecule has 0 radical (unpaired) electrons. The molecule has 1 aromatic carbocycles.